The molecule has 1 unspecified atom stereocenters. The lowest BCUT2D eigenvalue weighted by Crippen LogP contribution is -2.23. The molecule has 19 heavy (non-hydrogen) atoms. The number of aliphatic hydroxyl groups excluding tert-OH is 1. The van der Waals surface area contributed by atoms with E-state index in [1.165, 1.54) is 0 Å². The molecule has 0 amide bonds. The third kappa shape index (κ3) is 3.33. The molecule has 1 N–H and O–H groups in total. The summed E-state index contributed by atoms with van der Waals surface area (Å²) in [6.45, 7) is 4.43. The van der Waals surface area contributed by atoms with Crippen molar-refractivity contribution < 1.29 is 13.9 Å². The number of hydrogen-bond acceptors (Lipinski definition) is 1. The molecule has 0 aliphatic heterocycles. The van der Waals surface area contributed by atoms with E-state index in [-0.39, 0.29) is 11.5 Å². The van der Waals surface area contributed by atoms with Crippen molar-refractivity contribution in [1.29, 1.82) is 0 Å². The van der Waals surface area contributed by atoms with Crippen LogP contribution in [0.2, 0.25) is 0 Å². The van der Waals surface area contributed by atoms with Crippen molar-refractivity contribution in [2.75, 3.05) is 0 Å². The van der Waals surface area contributed by atoms with Crippen LogP contribution < -0.4 is 0 Å². The van der Waals surface area contributed by atoms with E-state index in [4.69, 9.17) is 0 Å². The summed E-state index contributed by atoms with van der Waals surface area (Å²) < 4.78 is 26.8. The number of benzene rings is 1. The van der Waals surface area contributed by atoms with Crippen LogP contribution in [0.15, 0.2) is 18.2 Å². The van der Waals surface area contributed by atoms with Crippen LogP contribution >= 0.6 is 0 Å². The molecule has 0 bridgehead atoms. The molecule has 0 spiro atoms. The van der Waals surface area contributed by atoms with Gasteiger partial charge in [0.2, 0.25) is 0 Å². The lowest BCUT2D eigenvalue weighted by atomic mass is 9.74. The van der Waals surface area contributed by atoms with Crippen molar-refractivity contribution in [3.63, 3.8) is 0 Å². The predicted molar refractivity (Wildman–Crippen MR) is 71.6 cm³/mol. The first-order valence-corrected chi connectivity index (χ1v) is 7.12. The highest BCUT2D eigenvalue weighted by Crippen LogP contribution is 2.39. The average Bonchev–Trinajstić information content (AvgIpc) is 2.41. The quantitative estimate of drug-likeness (QED) is 0.858. The molecular formula is C16H22F2O. The van der Waals surface area contributed by atoms with Crippen molar-refractivity contribution in [3.05, 3.63) is 35.4 Å². The molecule has 1 aliphatic carbocycles. The van der Waals surface area contributed by atoms with Crippen LogP contribution in [0, 0.1) is 29.4 Å². The first kappa shape index (κ1) is 14.4. The van der Waals surface area contributed by atoms with Gasteiger partial charge in [0, 0.05) is 5.56 Å². The van der Waals surface area contributed by atoms with Crippen molar-refractivity contribution in [1.82, 2.24) is 0 Å². The van der Waals surface area contributed by atoms with Crippen LogP contribution in [0.5, 0.6) is 0 Å². The third-order valence-electron chi connectivity index (χ3n) is 4.48. The number of aliphatic hydroxyl groups is 1. The molecule has 1 aromatic rings. The SMILES string of the molecule is CC(C)C1CCC(C(O)c2cc(F)ccc2F)CC1. The molecule has 1 atom stereocenters. The molecule has 0 heterocycles. The van der Waals surface area contributed by atoms with Crippen molar-refractivity contribution >= 4 is 0 Å². The molecule has 0 aromatic heterocycles. The number of halogens is 2. The van der Waals surface area contributed by atoms with E-state index in [0.717, 1.165) is 43.9 Å². The minimum Gasteiger partial charge on any atom is -0.388 e. The fourth-order valence-electron chi connectivity index (χ4n) is 3.12. The van der Waals surface area contributed by atoms with E-state index in [1.54, 1.807) is 0 Å². The minimum atomic E-state index is -0.885. The second kappa shape index (κ2) is 6.00. The van der Waals surface area contributed by atoms with Crippen LogP contribution in [0.3, 0.4) is 0 Å². The van der Waals surface area contributed by atoms with E-state index >= 15 is 0 Å². The number of hydrogen-bond donors (Lipinski definition) is 1. The molecule has 1 aromatic carbocycles. The zero-order valence-electron chi connectivity index (χ0n) is 11.6. The van der Waals surface area contributed by atoms with Crippen LogP contribution in [-0.2, 0) is 0 Å². The Morgan fingerprint density at radius 1 is 1.05 bits per heavy atom. The van der Waals surface area contributed by atoms with E-state index in [0.29, 0.717) is 11.8 Å². The van der Waals surface area contributed by atoms with Gasteiger partial charge in [0.05, 0.1) is 6.10 Å². The molecule has 2 rings (SSSR count). The Morgan fingerprint density at radius 2 is 1.63 bits per heavy atom. The minimum absolute atomic E-state index is 0.0475. The summed E-state index contributed by atoms with van der Waals surface area (Å²) in [5, 5.41) is 10.3. The maximum Gasteiger partial charge on any atom is 0.129 e. The molecular weight excluding hydrogens is 246 g/mol. The molecule has 1 saturated carbocycles. The van der Waals surface area contributed by atoms with Crippen molar-refractivity contribution in [2.45, 2.75) is 45.6 Å². The molecule has 1 fully saturated rings. The van der Waals surface area contributed by atoms with Gasteiger partial charge in [-0.2, -0.15) is 0 Å². The number of rotatable bonds is 3. The van der Waals surface area contributed by atoms with Gasteiger partial charge in [0.25, 0.3) is 0 Å². The molecule has 0 radical (unpaired) electrons. The monoisotopic (exact) mass is 268 g/mol. The largest absolute Gasteiger partial charge is 0.388 e. The molecule has 1 aliphatic rings. The lowest BCUT2D eigenvalue weighted by Gasteiger charge is -2.33. The van der Waals surface area contributed by atoms with Gasteiger partial charge in [-0.3, -0.25) is 0 Å². The summed E-state index contributed by atoms with van der Waals surface area (Å²) in [6.07, 6.45) is 3.02. The second-order valence-corrected chi connectivity index (χ2v) is 6.03. The van der Waals surface area contributed by atoms with E-state index in [2.05, 4.69) is 13.8 Å². The maximum absolute atomic E-state index is 13.7. The highest BCUT2D eigenvalue weighted by atomic mass is 19.1. The van der Waals surface area contributed by atoms with Gasteiger partial charge in [-0.1, -0.05) is 13.8 Å². The molecule has 3 heteroatoms. The van der Waals surface area contributed by atoms with Crippen molar-refractivity contribution in [2.24, 2.45) is 17.8 Å². The van der Waals surface area contributed by atoms with Crippen molar-refractivity contribution in [3.8, 4) is 0 Å². The first-order valence-electron chi connectivity index (χ1n) is 7.12. The fraction of sp³-hybridized carbons (Fsp3) is 0.625. The maximum atomic E-state index is 13.7. The Bertz CT molecular complexity index is 423. The van der Waals surface area contributed by atoms with Gasteiger partial charge in [0.15, 0.2) is 0 Å². The van der Waals surface area contributed by atoms with Gasteiger partial charge in [-0.15, -0.1) is 0 Å². The zero-order valence-corrected chi connectivity index (χ0v) is 11.6. The fourth-order valence-corrected chi connectivity index (χ4v) is 3.12. The van der Waals surface area contributed by atoms with E-state index < -0.39 is 17.7 Å². The standard InChI is InChI=1S/C16H22F2O/c1-10(2)11-3-5-12(6-4-11)16(19)14-9-13(17)7-8-15(14)18/h7-12,16,19H,3-6H2,1-2H3. The summed E-state index contributed by atoms with van der Waals surface area (Å²) in [6, 6.07) is 3.30. The van der Waals surface area contributed by atoms with Gasteiger partial charge in [-0.05, 0) is 61.6 Å². The third-order valence-corrected chi connectivity index (χ3v) is 4.48. The van der Waals surface area contributed by atoms with Gasteiger partial charge in [-0.25, -0.2) is 8.78 Å². The van der Waals surface area contributed by atoms with Gasteiger partial charge < -0.3 is 5.11 Å². The highest BCUT2D eigenvalue weighted by Gasteiger charge is 2.29. The van der Waals surface area contributed by atoms with Crippen LogP contribution in [0.1, 0.15) is 51.2 Å². The first-order chi connectivity index (χ1) is 8.99. The Hall–Kier alpha value is -0.960. The predicted octanol–water partition coefficient (Wildman–Crippen LogP) is 4.46. The molecule has 106 valence electrons. The summed E-state index contributed by atoms with van der Waals surface area (Å²) in [7, 11) is 0. The Balaban J connectivity index is 2.05. The summed E-state index contributed by atoms with van der Waals surface area (Å²) in [5.74, 6) is 0.391. The lowest BCUT2D eigenvalue weighted by molar-refractivity contribution is 0.0639. The Kier molecular flexibility index (Phi) is 4.56. The van der Waals surface area contributed by atoms with Crippen LogP contribution in [0.4, 0.5) is 8.78 Å². The molecule has 1 nitrogen and oxygen atoms in total. The zero-order chi connectivity index (χ0) is 14.0. The van der Waals surface area contributed by atoms with Crippen LogP contribution in [0.25, 0.3) is 0 Å². The summed E-state index contributed by atoms with van der Waals surface area (Å²) in [5.41, 5.74) is 0.105. The van der Waals surface area contributed by atoms with E-state index in [1.807, 2.05) is 0 Å². The smallest absolute Gasteiger partial charge is 0.129 e. The Morgan fingerprint density at radius 3 is 2.21 bits per heavy atom. The topological polar surface area (TPSA) is 20.2 Å². The molecule has 0 saturated heterocycles. The van der Waals surface area contributed by atoms with Gasteiger partial charge >= 0.3 is 0 Å². The Labute approximate surface area is 113 Å². The average molecular weight is 268 g/mol. The normalized spacial score (nSPS) is 25.6. The van der Waals surface area contributed by atoms with Gasteiger partial charge in [0.1, 0.15) is 11.6 Å². The van der Waals surface area contributed by atoms with E-state index in [9.17, 15) is 13.9 Å². The summed E-state index contributed by atoms with van der Waals surface area (Å²) in [4.78, 5) is 0. The van der Waals surface area contributed by atoms with Crippen LogP contribution in [-0.4, -0.2) is 5.11 Å². The highest BCUT2D eigenvalue weighted by molar-refractivity contribution is 5.21. The summed E-state index contributed by atoms with van der Waals surface area (Å²) >= 11 is 0. The second-order valence-electron chi connectivity index (χ2n) is 6.03.